The number of nitriles is 1. The quantitative estimate of drug-likeness (QED) is 0.626. The van der Waals surface area contributed by atoms with Gasteiger partial charge >= 0.3 is 0 Å². The molecule has 0 fully saturated rings. The second kappa shape index (κ2) is 7.09. The van der Waals surface area contributed by atoms with E-state index in [0.717, 1.165) is 28.6 Å². The number of hydrogen-bond donors (Lipinski definition) is 0. The molecule has 0 radical (unpaired) electrons. The summed E-state index contributed by atoms with van der Waals surface area (Å²) in [5, 5.41) is 9.98. The maximum atomic E-state index is 9.21. The Hall–Kier alpha value is -2.06. The Morgan fingerprint density at radius 1 is 1.19 bits per heavy atom. The predicted octanol–water partition coefficient (Wildman–Crippen LogP) is 3.31. The van der Waals surface area contributed by atoms with E-state index in [1.165, 1.54) is 5.56 Å². The molecule has 0 aliphatic carbocycles. The number of thioether (sulfide) groups is 1. The molecule has 1 aromatic carbocycles. The van der Waals surface area contributed by atoms with E-state index in [-0.39, 0.29) is 0 Å². The lowest BCUT2D eigenvalue weighted by molar-refractivity contribution is 0.414. The molecule has 21 heavy (non-hydrogen) atoms. The van der Waals surface area contributed by atoms with Gasteiger partial charge in [0.1, 0.15) is 28.2 Å². The van der Waals surface area contributed by atoms with E-state index >= 15 is 0 Å². The molecule has 0 bridgehead atoms. The minimum absolute atomic E-state index is 0.584. The molecular weight excluding hydrogens is 282 g/mol. The Morgan fingerprint density at radius 2 is 1.90 bits per heavy atom. The van der Waals surface area contributed by atoms with Crippen LogP contribution >= 0.6 is 11.8 Å². The maximum Gasteiger partial charge on any atom is 0.126 e. The highest BCUT2D eigenvalue weighted by molar-refractivity contribution is 7.99. The summed E-state index contributed by atoms with van der Waals surface area (Å²) in [6.45, 7) is 3.70. The van der Waals surface area contributed by atoms with Gasteiger partial charge in [-0.2, -0.15) is 5.26 Å². The highest BCUT2D eigenvalue weighted by Crippen LogP contribution is 2.23. The SMILES string of the molecule is COc1ccc(CCSc2nc(C)nc(C)c2C#N)cc1. The van der Waals surface area contributed by atoms with Crippen LogP contribution in [0.1, 0.15) is 22.6 Å². The van der Waals surface area contributed by atoms with E-state index in [1.807, 2.05) is 26.0 Å². The third-order valence-corrected chi connectivity index (χ3v) is 4.05. The van der Waals surface area contributed by atoms with E-state index in [9.17, 15) is 5.26 Å². The van der Waals surface area contributed by atoms with Gasteiger partial charge in [0.25, 0.3) is 0 Å². The number of aryl methyl sites for hydroxylation is 3. The number of nitrogens with zero attached hydrogens (tertiary/aromatic N) is 3. The molecule has 0 aliphatic rings. The zero-order chi connectivity index (χ0) is 15.2. The van der Waals surface area contributed by atoms with Gasteiger partial charge in [-0.15, -0.1) is 11.8 Å². The third kappa shape index (κ3) is 3.96. The topological polar surface area (TPSA) is 58.8 Å². The molecule has 0 N–H and O–H groups in total. The molecule has 0 saturated heterocycles. The van der Waals surface area contributed by atoms with Crippen LogP contribution < -0.4 is 4.74 Å². The first kappa shape index (κ1) is 15.3. The van der Waals surface area contributed by atoms with Crippen molar-refractivity contribution in [3.8, 4) is 11.8 Å². The summed E-state index contributed by atoms with van der Waals surface area (Å²) in [6, 6.07) is 10.2. The van der Waals surface area contributed by atoms with Gasteiger partial charge in [0, 0.05) is 5.75 Å². The molecule has 0 atom stereocenters. The van der Waals surface area contributed by atoms with Gasteiger partial charge in [-0.25, -0.2) is 9.97 Å². The van der Waals surface area contributed by atoms with Crippen molar-refractivity contribution in [2.75, 3.05) is 12.9 Å². The fourth-order valence-corrected chi connectivity index (χ4v) is 3.04. The summed E-state index contributed by atoms with van der Waals surface area (Å²) in [4.78, 5) is 8.60. The minimum Gasteiger partial charge on any atom is -0.497 e. The van der Waals surface area contributed by atoms with Gasteiger partial charge < -0.3 is 4.74 Å². The van der Waals surface area contributed by atoms with Crippen molar-refractivity contribution < 1.29 is 4.74 Å². The average Bonchev–Trinajstić information content (AvgIpc) is 2.47. The summed E-state index contributed by atoms with van der Waals surface area (Å²) in [5.74, 6) is 2.44. The van der Waals surface area contributed by atoms with Crippen LogP contribution in [0.4, 0.5) is 0 Å². The van der Waals surface area contributed by atoms with Crippen LogP contribution in [-0.2, 0) is 6.42 Å². The molecule has 1 heterocycles. The molecule has 5 heteroatoms. The van der Waals surface area contributed by atoms with Crippen LogP contribution in [0, 0.1) is 25.2 Å². The van der Waals surface area contributed by atoms with Crippen LogP contribution in [-0.4, -0.2) is 22.8 Å². The van der Waals surface area contributed by atoms with E-state index < -0.39 is 0 Å². The second-order valence-corrected chi connectivity index (χ2v) is 5.68. The molecule has 0 aliphatic heterocycles. The van der Waals surface area contributed by atoms with Crippen molar-refractivity contribution in [1.29, 1.82) is 5.26 Å². The van der Waals surface area contributed by atoms with E-state index in [0.29, 0.717) is 11.4 Å². The zero-order valence-electron chi connectivity index (χ0n) is 12.4. The monoisotopic (exact) mass is 299 g/mol. The Balaban J connectivity index is 2.01. The smallest absolute Gasteiger partial charge is 0.126 e. The lowest BCUT2D eigenvalue weighted by Crippen LogP contribution is -2.00. The Labute approximate surface area is 129 Å². The maximum absolute atomic E-state index is 9.21. The summed E-state index contributed by atoms with van der Waals surface area (Å²) in [6.07, 6.45) is 0.918. The van der Waals surface area contributed by atoms with E-state index in [1.54, 1.807) is 18.9 Å². The molecule has 4 nitrogen and oxygen atoms in total. The molecule has 1 aromatic heterocycles. The van der Waals surface area contributed by atoms with Crippen LogP contribution in [0.2, 0.25) is 0 Å². The molecular formula is C16H17N3OS. The van der Waals surface area contributed by atoms with Crippen LogP contribution in [0.15, 0.2) is 29.3 Å². The van der Waals surface area contributed by atoms with E-state index in [4.69, 9.17) is 4.74 Å². The minimum atomic E-state index is 0.584. The highest BCUT2D eigenvalue weighted by Gasteiger charge is 2.10. The Morgan fingerprint density at radius 3 is 2.52 bits per heavy atom. The average molecular weight is 299 g/mol. The zero-order valence-corrected chi connectivity index (χ0v) is 13.2. The van der Waals surface area contributed by atoms with Crippen LogP contribution in [0.25, 0.3) is 0 Å². The molecule has 2 rings (SSSR count). The molecule has 0 unspecified atom stereocenters. The summed E-state index contributed by atoms with van der Waals surface area (Å²) < 4.78 is 5.14. The number of aromatic nitrogens is 2. The van der Waals surface area contributed by atoms with Crippen molar-refractivity contribution in [2.24, 2.45) is 0 Å². The first-order valence-corrected chi connectivity index (χ1v) is 7.63. The third-order valence-electron chi connectivity index (χ3n) is 3.07. The fourth-order valence-electron chi connectivity index (χ4n) is 1.97. The number of ether oxygens (including phenoxy) is 1. The summed E-state index contributed by atoms with van der Waals surface area (Å²) in [5.41, 5.74) is 2.57. The number of rotatable bonds is 5. The molecule has 0 amide bonds. The lowest BCUT2D eigenvalue weighted by Gasteiger charge is -2.07. The van der Waals surface area contributed by atoms with Gasteiger partial charge in [0.2, 0.25) is 0 Å². The fraction of sp³-hybridized carbons (Fsp3) is 0.312. The Bertz CT molecular complexity index is 662. The lowest BCUT2D eigenvalue weighted by atomic mass is 10.2. The normalized spacial score (nSPS) is 10.2. The van der Waals surface area contributed by atoms with Gasteiger partial charge in [0.05, 0.1) is 12.8 Å². The number of methoxy groups -OCH3 is 1. The van der Waals surface area contributed by atoms with Gasteiger partial charge in [-0.05, 0) is 38.0 Å². The van der Waals surface area contributed by atoms with Gasteiger partial charge in [-0.3, -0.25) is 0 Å². The first-order chi connectivity index (χ1) is 10.1. The first-order valence-electron chi connectivity index (χ1n) is 6.65. The largest absolute Gasteiger partial charge is 0.497 e. The van der Waals surface area contributed by atoms with Gasteiger partial charge in [-0.1, -0.05) is 12.1 Å². The predicted molar refractivity (Wildman–Crippen MR) is 83.6 cm³/mol. The number of hydrogen-bond acceptors (Lipinski definition) is 5. The van der Waals surface area contributed by atoms with E-state index in [2.05, 4.69) is 28.2 Å². The molecule has 108 valence electrons. The summed E-state index contributed by atoms with van der Waals surface area (Å²) >= 11 is 1.60. The van der Waals surface area contributed by atoms with Gasteiger partial charge in [0.15, 0.2) is 0 Å². The van der Waals surface area contributed by atoms with Crippen LogP contribution in [0.3, 0.4) is 0 Å². The van der Waals surface area contributed by atoms with Crippen molar-refractivity contribution in [2.45, 2.75) is 25.3 Å². The van der Waals surface area contributed by atoms with Crippen molar-refractivity contribution in [1.82, 2.24) is 9.97 Å². The van der Waals surface area contributed by atoms with Crippen molar-refractivity contribution in [3.63, 3.8) is 0 Å². The number of benzene rings is 1. The highest BCUT2D eigenvalue weighted by atomic mass is 32.2. The standard InChI is InChI=1S/C16H17N3OS/c1-11-15(10-17)16(19-12(2)18-11)21-9-8-13-4-6-14(20-3)7-5-13/h4-7H,8-9H2,1-3H3. The second-order valence-electron chi connectivity index (χ2n) is 4.59. The summed E-state index contributed by atoms with van der Waals surface area (Å²) in [7, 11) is 1.66. The molecule has 0 spiro atoms. The van der Waals surface area contributed by atoms with Crippen LogP contribution in [0.5, 0.6) is 5.75 Å². The van der Waals surface area contributed by atoms with Crippen molar-refractivity contribution in [3.05, 3.63) is 46.9 Å². The molecule has 0 saturated carbocycles. The molecule has 2 aromatic rings. The van der Waals surface area contributed by atoms with Crippen molar-refractivity contribution >= 4 is 11.8 Å². The Kier molecular flexibility index (Phi) is 5.18.